The van der Waals surface area contributed by atoms with Crippen molar-refractivity contribution in [3.05, 3.63) is 71.3 Å². The van der Waals surface area contributed by atoms with Crippen LogP contribution in [0.5, 0.6) is 0 Å². The molecule has 4 aliphatic rings. The topological polar surface area (TPSA) is 54.5 Å². The lowest BCUT2D eigenvalue weighted by Gasteiger charge is -2.29. The lowest BCUT2D eigenvalue weighted by molar-refractivity contribution is -0.122. The van der Waals surface area contributed by atoms with Gasteiger partial charge in [-0.1, -0.05) is 37.1 Å². The summed E-state index contributed by atoms with van der Waals surface area (Å²) in [5.74, 6) is 1.69. The zero-order valence-electron chi connectivity index (χ0n) is 19.6. The maximum atomic E-state index is 13.7. The van der Waals surface area contributed by atoms with Gasteiger partial charge in [0.1, 0.15) is 29.4 Å². The van der Waals surface area contributed by atoms with Crippen LogP contribution in [0.2, 0.25) is 0 Å². The van der Waals surface area contributed by atoms with Crippen LogP contribution in [0.25, 0.3) is 5.57 Å². The third-order valence-corrected chi connectivity index (χ3v) is 7.05. The summed E-state index contributed by atoms with van der Waals surface area (Å²) in [5.41, 5.74) is 5.96. The van der Waals surface area contributed by atoms with E-state index in [9.17, 15) is 9.18 Å². The van der Waals surface area contributed by atoms with Crippen molar-refractivity contribution < 1.29 is 13.9 Å². The number of halogens is 1. The van der Waals surface area contributed by atoms with E-state index in [1.54, 1.807) is 12.3 Å². The Morgan fingerprint density at radius 1 is 1.21 bits per heavy atom. The van der Waals surface area contributed by atoms with E-state index in [1.165, 1.54) is 38.2 Å². The Kier molecular flexibility index (Phi) is 7.08. The van der Waals surface area contributed by atoms with Gasteiger partial charge < -0.3 is 10.1 Å². The highest BCUT2D eigenvalue weighted by Crippen LogP contribution is 2.38. The molecule has 178 valence electrons. The molecule has 2 fully saturated rings. The summed E-state index contributed by atoms with van der Waals surface area (Å²) >= 11 is 0. The van der Waals surface area contributed by atoms with Gasteiger partial charge >= 0.3 is 0 Å². The van der Waals surface area contributed by atoms with Crippen LogP contribution in [0.4, 0.5) is 10.2 Å². The van der Waals surface area contributed by atoms with Gasteiger partial charge in [-0.3, -0.25) is 9.69 Å². The molecule has 0 spiro atoms. The maximum Gasteiger partial charge on any atom is 0.146 e. The summed E-state index contributed by atoms with van der Waals surface area (Å²) in [6, 6.07) is 6.50. The molecule has 5 nitrogen and oxygen atoms in total. The fraction of sp³-hybridized carbons (Fsp3) is 0.464. The SMILES string of the molecule is O=C1CCCN(CC2=C(c3cccc(NC4CCCCC4)n3)C(C3C=CC(F)=CC3)=C=CO2)C1. The van der Waals surface area contributed by atoms with Crippen LogP contribution in [0.3, 0.4) is 0 Å². The molecule has 1 saturated heterocycles. The number of hydrogen-bond acceptors (Lipinski definition) is 5. The van der Waals surface area contributed by atoms with E-state index in [0.717, 1.165) is 41.4 Å². The monoisotopic (exact) mass is 461 g/mol. The van der Waals surface area contributed by atoms with Crippen molar-refractivity contribution in [2.45, 2.75) is 57.4 Å². The van der Waals surface area contributed by atoms with E-state index in [-0.39, 0.29) is 17.5 Å². The highest BCUT2D eigenvalue weighted by Gasteiger charge is 2.28. The number of nitrogens with zero attached hydrogens (tertiary/aromatic N) is 2. The smallest absolute Gasteiger partial charge is 0.146 e. The second-order valence-corrected chi connectivity index (χ2v) is 9.62. The fourth-order valence-corrected chi connectivity index (χ4v) is 5.30. The van der Waals surface area contributed by atoms with Gasteiger partial charge in [0.15, 0.2) is 0 Å². The summed E-state index contributed by atoms with van der Waals surface area (Å²) in [6.07, 6.45) is 14.9. The molecule has 3 heterocycles. The molecule has 0 amide bonds. The van der Waals surface area contributed by atoms with Crippen LogP contribution < -0.4 is 5.32 Å². The minimum absolute atomic E-state index is 0.00982. The zero-order valence-corrected chi connectivity index (χ0v) is 19.6. The van der Waals surface area contributed by atoms with Crippen molar-refractivity contribution in [2.24, 2.45) is 5.92 Å². The molecule has 1 saturated carbocycles. The Bertz CT molecular complexity index is 1090. The number of pyridine rings is 1. The van der Waals surface area contributed by atoms with Crippen molar-refractivity contribution in [1.82, 2.24) is 9.88 Å². The number of anilines is 1. The molecule has 0 radical (unpaired) electrons. The summed E-state index contributed by atoms with van der Waals surface area (Å²) in [7, 11) is 0. The number of carbonyl (C=O) groups is 1. The predicted molar refractivity (Wildman–Crippen MR) is 131 cm³/mol. The largest absolute Gasteiger partial charge is 0.459 e. The first-order valence-electron chi connectivity index (χ1n) is 12.5. The summed E-state index contributed by atoms with van der Waals surface area (Å²) in [4.78, 5) is 19.2. The van der Waals surface area contributed by atoms with Gasteiger partial charge in [0.05, 0.1) is 24.4 Å². The maximum absolute atomic E-state index is 13.7. The molecule has 6 heteroatoms. The van der Waals surface area contributed by atoms with Gasteiger partial charge in [-0.05, 0) is 56.5 Å². The molecule has 5 rings (SSSR count). The van der Waals surface area contributed by atoms with Crippen molar-refractivity contribution in [3.8, 4) is 0 Å². The van der Waals surface area contributed by atoms with E-state index in [1.807, 2.05) is 24.3 Å². The number of carbonyl (C=O) groups excluding carboxylic acids is 1. The van der Waals surface area contributed by atoms with Crippen LogP contribution in [0.15, 0.2) is 65.6 Å². The number of likely N-dealkylation sites (tertiary alicyclic amines) is 1. The number of ketones is 1. The Morgan fingerprint density at radius 3 is 2.88 bits per heavy atom. The van der Waals surface area contributed by atoms with Gasteiger partial charge in [0.25, 0.3) is 0 Å². The molecule has 1 N–H and O–H groups in total. The van der Waals surface area contributed by atoms with Gasteiger partial charge in [-0.2, -0.15) is 0 Å². The van der Waals surface area contributed by atoms with Crippen LogP contribution >= 0.6 is 0 Å². The lowest BCUT2D eigenvalue weighted by Crippen LogP contribution is -2.37. The van der Waals surface area contributed by atoms with Crippen molar-refractivity contribution in [3.63, 3.8) is 0 Å². The lowest BCUT2D eigenvalue weighted by atomic mass is 9.85. The molecule has 0 aromatic carbocycles. The highest BCUT2D eigenvalue weighted by atomic mass is 19.1. The van der Waals surface area contributed by atoms with E-state index >= 15 is 0 Å². The molecule has 1 aromatic heterocycles. The van der Waals surface area contributed by atoms with Gasteiger partial charge in [-0.25, -0.2) is 9.37 Å². The van der Waals surface area contributed by atoms with Gasteiger partial charge in [-0.15, -0.1) is 0 Å². The van der Waals surface area contributed by atoms with E-state index in [2.05, 4.69) is 15.9 Å². The molecule has 1 aromatic rings. The number of hydrogen-bond donors (Lipinski definition) is 1. The highest BCUT2D eigenvalue weighted by molar-refractivity contribution is 5.82. The molecular formula is C28H32FN3O2. The van der Waals surface area contributed by atoms with Crippen LogP contribution in [-0.2, 0) is 9.53 Å². The minimum atomic E-state index is -0.206. The van der Waals surface area contributed by atoms with Crippen LogP contribution in [0, 0.1) is 5.92 Å². The van der Waals surface area contributed by atoms with Crippen LogP contribution in [-0.4, -0.2) is 41.3 Å². The first-order chi connectivity index (χ1) is 16.7. The fourth-order valence-electron chi connectivity index (χ4n) is 5.30. The summed E-state index contributed by atoms with van der Waals surface area (Å²) in [5, 5.41) is 3.62. The third-order valence-electron chi connectivity index (χ3n) is 7.05. The Balaban J connectivity index is 1.48. The molecule has 2 aliphatic heterocycles. The normalized spacial score (nSPS) is 24.0. The predicted octanol–water partition coefficient (Wildman–Crippen LogP) is 5.70. The molecule has 1 unspecified atom stereocenters. The number of allylic oxidation sites excluding steroid dienone is 6. The average molecular weight is 462 g/mol. The average Bonchev–Trinajstić information content (AvgIpc) is 2.85. The molecule has 1 atom stereocenters. The second-order valence-electron chi connectivity index (χ2n) is 9.62. The summed E-state index contributed by atoms with van der Waals surface area (Å²) in [6.45, 7) is 1.84. The number of aromatic nitrogens is 1. The number of Topliss-reactive ketones (excluding diaryl/α,β-unsaturated/α-hetero) is 1. The van der Waals surface area contributed by atoms with Crippen molar-refractivity contribution in [2.75, 3.05) is 25.0 Å². The number of nitrogens with one attached hydrogen (secondary N) is 1. The first kappa shape index (κ1) is 22.8. The number of rotatable bonds is 6. The van der Waals surface area contributed by atoms with E-state index in [4.69, 9.17) is 9.72 Å². The Hall–Kier alpha value is -2.95. The quantitative estimate of drug-likeness (QED) is 0.551. The van der Waals surface area contributed by atoms with Crippen LogP contribution in [0.1, 0.15) is 57.1 Å². The standard InChI is InChI=1S/C28H32FN3O2/c29-21-13-11-20(12-14-21)24-15-17-34-26(19-32-16-5-8-23(33)18-32)28(24)25-9-4-10-27(31-25)30-22-6-2-1-3-7-22/h4,9-11,13-14,17,20,22H,1-3,5-8,12,16,18-19H2,(H,30,31). The summed E-state index contributed by atoms with van der Waals surface area (Å²) < 4.78 is 19.7. The minimum Gasteiger partial charge on any atom is -0.459 e. The van der Waals surface area contributed by atoms with Gasteiger partial charge in [0, 0.05) is 24.0 Å². The molecule has 2 aliphatic carbocycles. The van der Waals surface area contributed by atoms with E-state index in [0.29, 0.717) is 32.0 Å². The Labute approximate surface area is 200 Å². The van der Waals surface area contributed by atoms with Crippen molar-refractivity contribution >= 4 is 17.2 Å². The second kappa shape index (κ2) is 10.5. The van der Waals surface area contributed by atoms with E-state index < -0.39 is 0 Å². The molecule has 0 bridgehead atoms. The third kappa shape index (κ3) is 5.40. The number of ether oxygens (including phenoxy) is 1. The number of piperidine rings is 1. The first-order valence-corrected chi connectivity index (χ1v) is 12.5. The zero-order chi connectivity index (χ0) is 23.3. The van der Waals surface area contributed by atoms with Crippen molar-refractivity contribution in [1.29, 1.82) is 0 Å². The Morgan fingerprint density at radius 2 is 2.09 bits per heavy atom. The van der Waals surface area contributed by atoms with Gasteiger partial charge in [0.2, 0.25) is 0 Å². The molecular weight excluding hydrogens is 429 g/mol. The molecule has 34 heavy (non-hydrogen) atoms.